The number of amides is 1. The number of hydrogen-bond donors (Lipinski definition) is 1. The van der Waals surface area contributed by atoms with Crippen LogP contribution in [0.3, 0.4) is 0 Å². The van der Waals surface area contributed by atoms with Gasteiger partial charge in [-0.15, -0.1) is 0 Å². The monoisotopic (exact) mass is 482 g/mol. The fraction of sp³-hybridized carbons (Fsp3) is 0.160. The van der Waals surface area contributed by atoms with E-state index in [-0.39, 0.29) is 11.4 Å². The van der Waals surface area contributed by atoms with Gasteiger partial charge in [-0.25, -0.2) is 8.42 Å². The molecule has 0 aliphatic carbocycles. The first kappa shape index (κ1) is 22.9. The first-order valence-corrected chi connectivity index (χ1v) is 12.2. The van der Waals surface area contributed by atoms with Crippen molar-refractivity contribution in [3.8, 4) is 5.75 Å². The minimum Gasteiger partial charge on any atom is -0.495 e. The van der Waals surface area contributed by atoms with E-state index in [9.17, 15) is 13.2 Å². The SMILES string of the molecule is CCN1c2ccc(Cl)cc2C(c2ccccc2)=C(C(=O)Nc2cc(C)ccc2OC)S1(=O)=O. The molecule has 1 aliphatic rings. The van der Waals surface area contributed by atoms with Crippen LogP contribution in [0.25, 0.3) is 5.57 Å². The van der Waals surface area contributed by atoms with Gasteiger partial charge < -0.3 is 10.1 Å². The van der Waals surface area contributed by atoms with E-state index >= 15 is 0 Å². The topological polar surface area (TPSA) is 75.7 Å². The zero-order valence-corrected chi connectivity index (χ0v) is 20.0. The van der Waals surface area contributed by atoms with Gasteiger partial charge in [-0.3, -0.25) is 9.10 Å². The third kappa shape index (κ3) is 4.10. The van der Waals surface area contributed by atoms with Gasteiger partial charge in [-0.05, 0) is 55.3 Å². The van der Waals surface area contributed by atoms with Gasteiger partial charge in [0.25, 0.3) is 15.9 Å². The summed E-state index contributed by atoms with van der Waals surface area (Å²) in [4.78, 5) is 13.3. The number of ether oxygens (including phenoxy) is 1. The van der Waals surface area contributed by atoms with Crippen LogP contribution in [-0.4, -0.2) is 28.0 Å². The molecular weight excluding hydrogens is 460 g/mol. The third-order valence-corrected chi connectivity index (χ3v) is 7.61. The van der Waals surface area contributed by atoms with E-state index in [0.29, 0.717) is 38.8 Å². The molecule has 0 aromatic heterocycles. The quantitative estimate of drug-likeness (QED) is 0.540. The average molecular weight is 483 g/mol. The molecule has 33 heavy (non-hydrogen) atoms. The van der Waals surface area contributed by atoms with Crippen molar-refractivity contribution in [3.05, 3.63) is 93.3 Å². The number of benzene rings is 3. The second kappa shape index (κ2) is 8.92. The Hall–Kier alpha value is -3.29. The summed E-state index contributed by atoms with van der Waals surface area (Å²) in [5.74, 6) is -0.318. The molecule has 0 atom stereocenters. The predicted octanol–water partition coefficient (Wildman–Crippen LogP) is 5.22. The molecule has 1 N–H and O–H groups in total. The number of anilines is 2. The van der Waals surface area contributed by atoms with Gasteiger partial charge >= 0.3 is 0 Å². The maximum absolute atomic E-state index is 13.8. The lowest BCUT2D eigenvalue weighted by Crippen LogP contribution is -2.39. The molecule has 0 radical (unpaired) electrons. The molecule has 170 valence electrons. The van der Waals surface area contributed by atoms with Crippen molar-refractivity contribution in [3.63, 3.8) is 0 Å². The van der Waals surface area contributed by atoms with Crippen molar-refractivity contribution < 1.29 is 17.9 Å². The van der Waals surface area contributed by atoms with Gasteiger partial charge in [0, 0.05) is 22.7 Å². The predicted molar refractivity (Wildman–Crippen MR) is 132 cm³/mol. The molecule has 0 saturated carbocycles. The molecule has 8 heteroatoms. The molecule has 1 heterocycles. The van der Waals surface area contributed by atoms with E-state index < -0.39 is 15.9 Å². The van der Waals surface area contributed by atoms with Crippen LogP contribution in [0.5, 0.6) is 5.75 Å². The maximum atomic E-state index is 13.8. The number of rotatable bonds is 5. The van der Waals surface area contributed by atoms with Crippen molar-refractivity contribution in [2.24, 2.45) is 0 Å². The minimum absolute atomic E-state index is 0.156. The third-order valence-electron chi connectivity index (χ3n) is 5.43. The molecule has 3 aromatic rings. The molecule has 1 amide bonds. The fourth-order valence-corrected chi connectivity index (χ4v) is 5.90. The van der Waals surface area contributed by atoms with E-state index in [4.69, 9.17) is 16.3 Å². The summed E-state index contributed by atoms with van der Waals surface area (Å²) in [7, 11) is -2.68. The summed E-state index contributed by atoms with van der Waals surface area (Å²) in [5, 5.41) is 3.20. The van der Waals surface area contributed by atoms with E-state index in [1.165, 1.54) is 11.4 Å². The van der Waals surface area contributed by atoms with Gasteiger partial charge in [-0.1, -0.05) is 48.0 Å². The number of aryl methyl sites for hydroxylation is 1. The molecule has 0 fully saturated rings. The first-order chi connectivity index (χ1) is 15.8. The highest BCUT2D eigenvalue weighted by Gasteiger charge is 2.41. The van der Waals surface area contributed by atoms with Crippen LogP contribution in [0.1, 0.15) is 23.6 Å². The zero-order valence-electron chi connectivity index (χ0n) is 18.4. The number of carbonyl (C=O) groups is 1. The largest absolute Gasteiger partial charge is 0.495 e. The normalized spacial score (nSPS) is 14.6. The molecule has 0 spiro atoms. The Morgan fingerprint density at radius 1 is 1.06 bits per heavy atom. The summed E-state index contributed by atoms with van der Waals surface area (Å²) in [5.41, 5.74) is 3.24. The number of methoxy groups -OCH3 is 1. The Morgan fingerprint density at radius 3 is 2.45 bits per heavy atom. The van der Waals surface area contributed by atoms with E-state index in [0.717, 1.165) is 5.56 Å². The highest BCUT2D eigenvalue weighted by Crippen LogP contribution is 2.44. The smallest absolute Gasteiger partial charge is 0.270 e. The van der Waals surface area contributed by atoms with E-state index in [1.54, 1.807) is 61.5 Å². The molecule has 0 saturated heterocycles. The minimum atomic E-state index is -4.17. The molecular formula is C25H23ClN2O4S. The van der Waals surface area contributed by atoms with Gasteiger partial charge in [0.1, 0.15) is 5.75 Å². The molecule has 0 unspecified atom stereocenters. The van der Waals surface area contributed by atoms with Crippen molar-refractivity contribution in [1.82, 2.24) is 0 Å². The molecule has 1 aliphatic heterocycles. The lowest BCUT2D eigenvalue weighted by Gasteiger charge is -2.33. The molecule has 3 aromatic carbocycles. The van der Waals surface area contributed by atoms with Crippen LogP contribution in [-0.2, 0) is 14.8 Å². The van der Waals surface area contributed by atoms with Crippen LogP contribution in [0.4, 0.5) is 11.4 Å². The highest BCUT2D eigenvalue weighted by molar-refractivity contribution is 7.97. The van der Waals surface area contributed by atoms with Gasteiger partial charge in [-0.2, -0.15) is 0 Å². The fourth-order valence-electron chi connectivity index (χ4n) is 3.98. The Bertz CT molecular complexity index is 1370. The molecule has 6 nitrogen and oxygen atoms in total. The van der Waals surface area contributed by atoms with Crippen LogP contribution in [0, 0.1) is 6.92 Å². The van der Waals surface area contributed by atoms with Crippen LogP contribution in [0.2, 0.25) is 5.02 Å². The number of nitrogens with one attached hydrogen (secondary N) is 1. The van der Waals surface area contributed by atoms with Crippen molar-refractivity contribution >= 4 is 44.5 Å². The van der Waals surface area contributed by atoms with Gasteiger partial charge in [0.05, 0.1) is 18.5 Å². The highest BCUT2D eigenvalue weighted by atomic mass is 35.5. The number of carbonyl (C=O) groups excluding carboxylic acids is 1. The van der Waals surface area contributed by atoms with Crippen molar-refractivity contribution in [2.75, 3.05) is 23.3 Å². The molecule has 0 bridgehead atoms. The number of hydrogen-bond acceptors (Lipinski definition) is 4. The van der Waals surface area contributed by atoms with Crippen LogP contribution in [0.15, 0.2) is 71.6 Å². The lowest BCUT2D eigenvalue weighted by atomic mass is 9.95. The zero-order chi connectivity index (χ0) is 23.8. The number of nitrogens with zero attached hydrogens (tertiary/aromatic N) is 1. The average Bonchev–Trinajstić information content (AvgIpc) is 2.78. The van der Waals surface area contributed by atoms with Crippen LogP contribution >= 0.6 is 11.6 Å². The van der Waals surface area contributed by atoms with E-state index in [1.807, 2.05) is 19.1 Å². The second-order valence-corrected chi connectivity index (χ2v) is 9.79. The summed E-state index contributed by atoms with van der Waals surface area (Å²) < 4.78 is 34.1. The number of fused-ring (bicyclic) bond motifs is 1. The number of halogens is 1. The van der Waals surface area contributed by atoms with E-state index in [2.05, 4.69) is 5.32 Å². The van der Waals surface area contributed by atoms with Crippen molar-refractivity contribution in [1.29, 1.82) is 0 Å². The first-order valence-electron chi connectivity index (χ1n) is 10.4. The van der Waals surface area contributed by atoms with Crippen molar-refractivity contribution in [2.45, 2.75) is 13.8 Å². The maximum Gasteiger partial charge on any atom is 0.270 e. The Balaban J connectivity index is 2.00. The summed E-state index contributed by atoms with van der Waals surface area (Å²) in [6.07, 6.45) is 0. The van der Waals surface area contributed by atoms with Crippen LogP contribution < -0.4 is 14.4 Å². The summed E-state index contributed by atoms with van der Waals surface area (Å²) in [6, 6.07) is 19.3. The Morgan fingerprint density at radius 2 is 1.79 bits per heavy atom. The van der Waals surface area contributed by atoms with Gasteiger partial charge in [0.15, 0.2) is 4.91 Å². The molecule has 4 rings (SSSR count). The number of sulfonamides is 1. The second-order valence-electron chi connectivity index (χ2n) is 7.56. The van der Waals surface area contributed by atoms with Gasteiger partial charge in [0.2, 0.25) is 0 Å². The summed E-state index contributed by atoms with van der Waals surface area (Å²) >= 11 is 6.30. The summed E-state index contributed by atoms with van der Waals surface area (Å²) in [6.45, 7) is 3.75. The Kier molecular flexibility index (Phi) is 6.19. The Labute approximate surface area is 198 Å². The standard InChI is InChI=1S/C25H23ClN2O4S/c1-4-28-21-12-11-18(26)15-19(21)23(17-8-6-5-7-9-17)24(33(28,30)31)25(29)27-20-14-16(2)10-13-22(20)32-3/h5-15H,4H2,1-3H3,(H,27,29). The lowest BCUT2D eigenvalue weighted by molar-refractivity contribution is -0.112.